The quantitative estimate of drug-likeness (QED) is 0.267. The van der Waals surface area contributed by atoms with Gasteiger partial charge in [-0.2, -0.15) is 4.39 Å². The molecule has 3 rings (SSSR count). The Morgan fingerprint density at radius 2 is 1.69 bits per heavy atom. The van der Waals surface area contributed by atoms with Crippen LogP contribution in [0.4, 0.5) is 13.2 Å². The summed E-state index contributed by atoms with van der Waals surface area (Å²) in [6, 6.07) is 7.28. The molecule has 1 N–H and O–H groups in total. The molecule has 2 aromatic rings. The van der Waals surface area contributed by atoms with E-state index in [1.165, 1.54) is 7.11 Å². The van der Waals surface area contributed by atoms with Gasteiger partial charge >= 0.3 is 0 Å². The second-order valence-corrected chi connectivity index (χ2v) is 10.2. The number of amides is 1. The van der Waals surface area contributed by atoms with Gasteiger partial charge in [-0.15, -0.1) is 0 Å². The zero-order valence-corrected chi connectivity index (χ0v) is 22.3. The third kappa shape index (κ3) is 6.05. The van der Waals surface area contributed by atoms with Gasteiger partial charge in [-0.05, 0) is 61.3 Å². The molecule has 0 bridgehead atoms. The van der Waals surface area contributed by atoms with Crippen molar-refractivity contribution in [3.63, 3.8) is 0 Å². The molecule has 0 aromatic heterocycles. The van der Waals surface area contributed by atoms with E-state index in [1.807, 2.05) is 13.8 Å². The highest BCUT2D eigenvalue weighted by molar-refractivity contribution is 9.09. The molecule has 1 fully saturated rings. The number of ketones is 1. The number of hydrogen-bond donors (Lipinski definition) is 1. The summed E-state index contributed by atoms with van der Waals surface area (Å²) in [6.45, 7) is 3.99. The van der Waals surface area contributed by atoms with Crippen LogP contribution in [0.3, 0.4) is 0 Å². The maximum absolute atomic E-state index is 14.7. The third-order valence-corrected chi connectivity index (χ3v) is 7.89. The lowest BCUT2D eigenvalue weighted by molar-refractivity contribution is -0.129. The lowest BCUT2D eigenvalue weighted by Gasteiger charge is -2.43. The fourth-order valence-electron chi connectivity index (χ4n) is 4.62. The van der Waals surface area contributed by atoms with Crippen molar-refractivity contribution in [2.75, 3.05) is 19.0 Å². The SMILES string of the molecule is CCC1(C(=O)CBr)CCC(C)(CNC(=O)c2cc(F)c(OCc3ccc(OC)cc3)c(F)c2F)CC1. The predicted octanol–water partition coefficient (Wildman–Crippen LogP) is 6.36. The van der Waals surface area contributed by atoms with E-state index in [0.717, 1.165) is 6.42 Å². The molecule has 0 spiro atoms. The molecular weight excluding hydrogens is 539 g/mol. The molecule has 2 aromatic carbocycles. The van der Waals surface area contributed by atoms with Gasteiger partial charge in [0, 0.05) is 12.0 Å². The summed E-state index contributed by atoms with van der Waals surface area (Å²) in [5.41, 5.74) is -0.802. The van der Waals surface area contributed by atoms with Crippen molar-refractivity contribution in [1.29, 1.82) is 0 Å². The number of carbonyl (C=O) groups is 2. The largest absolute Gasteiger partial charge is 0.497 e. The molecule has 1 aliphatic carbocycles. The predicted molar refractivity (Wildman–Crippen MR) is 134 cm³/mol. The van der Waals surface area contributed by atoms with Crippen LogP contribution >= 0.6 is 15.9 Å². The second kappa shape index (κ2) is 11.7. The van der Waals surface area contributed by atoms with Crippen LogP contribution in [-0.2, 0) is 11.4 Å². The van der Waals surface area contributed by atoms with E-state index in [-0.39, 0.29) is 29.8 Å². The van der Waals surface area contributed by atoms with Crippen LogP contribution < -0.4 is 14.8 Å². The Hall–Kier alpha value is -2.55. The first-order chi connectivity index (χ1) is 17.1. The smallest absolute Gasteiger partial charge is 0.254 e. The van der Waals surface area contributed by atoms with Crippen LogP contribution in [0.25, 0.3) is 0 Å². The first kappa shape index (κ1) is 28.0. The molecule has 1 saturated carbocycles. The van der Waals surface area contributed by atoms with Gasteiger partial charge in [0.25, 0.3) is 5.91 Å². The van der Waals surface area contributed by atoms with Crippen LogP contribution in [0, 0.1) is 28.3 Å². The van der Waals surface area contributed by atoms with E-state index < -0.39 is 34.7 Å². The number of methoxy groups -OCH3 is 1. The van der Waals surface area contributed by atoms with Gasteiger partial charge in [0.05, 0.1) is 18.0 Å². The van der Waals surface area contributed by atoms with E-state index >= 15 is 0 Å². The van der Waals surface area contributed by atoms with Gasteiger partial charge < -0.3 is 14.8 Å². The van der Waals surface area contributed by atoms with Crippen molar-refractivity contribution in [2.24, 2.45) is 10.8 Å². The van der Waals surface area contributed by atoms with Gasteiger partial charge in [0.1, 0.15) is 18.1 Å². The van der Waals surface area contributed by atoms with Crippen molar-refractivity contribution in [3.05, 3.63) is 58.9 Å². The van der Waals surface area contributed by atoms with Crippen molar-refractivity contribution in [3.8, 4) is 11.5 Å². The third-order valence-electron chi connectivity index (χ3n) is 7.38. The van der Waals surface area contributed by atoms with E-state index in [4.69, 9.17) is 9.47 Å². The Morgan fingerprint density at radius 3 is 2.25 bits per heavy atom. The molecule has 0 heterocycles. The Morgan fingerprint density at radius 1 is 1.06 bits per heavy atom. The number of hydrogen-bond acceptors (Lipinski definition) is 4. The summed E-state index contributed by atoms with van der Waals surface area (Å²) in [5, 5.41) is 2.93. The maximum atomic E-state index is 14.7. The van der Waals surface area contributed by atoms with Crippen molar-refractivity contribution in [2.45, 2.75) is 52.6 Å². The standard InChI is InChI=1S/C27H31BrF3NO4/c1-4-27(21(33)14-28)11-9-26(2,10-12-27)16-32-25(34)19-13-20(29)24(23(31)22(19)30)36-15-17-5-7-18(35-3)8-6-17/h5-8,13H,4,9-12,14-16H2,1-3H3,(H,32,34). The van der Waals surface area contributed by atoms with Crippen LogP contribution in [0.15, 0.2) is 30.3 Å². The van der Waals surface area contributed by atoms with Gasteiger partial charge in [-0.25, -0.2) is 8.78 Å². The minimum atomic E-state index is -1.56. The van der Waals surface area contributed by atoms with Crippen LogP contribution in [-0.4, -0.2) is 30.7 Å². The van der Waals surface area contributed by atoms with E-state index in [1.54, 1.807) is 24.3 Å². The molecule has 0 radical (unpaired) electrons. The summed E-state index contributed by atoms with van der Waals surface area (Å²) < 4.78 is 54.2. The van der Waals surface area contributed by atoms with Gasteiger partial charge in [0.2, 0.25) is 5.82 Å². The molecule has 1 aliphatic rings. The maximum Gasteiger partial charge on any atom is 0.254 e. The summed E-state index contributed by atoms with van der Waals surface area (Å²) in [4.78, 5) is 25.1. The number of Topliss-reactive ketones (excluding diaryl/α,β-unsaturated/α-hetero) is 1. The normalized spacial score (nSPS) is 21.6. The number of alkyl halides is 1. The molecule has 0 aliphatic heterocycles. The molecule has 9 heteroatoms. The van der Waals surface area contributed by atoms with Gasteiger partial charge in [-0.3, -0.25) is 9.59 Å². The van der Waals surface area contributed by atoms with Gasteiger partial charge in [-0.1, -0.05) is 41.9 Å². The molecule has 0 unspecified atom stereocenters. The Bertz CT molecular complexity index is 1100. The minimum absolute atomic E-state index is 0.179. The number of halogens is 4. The lowest BCUT2D eigenvalue weighted by atomic mass is 9.62. The Labute approximate surface area is 217 Å². The van der Waals surface area contributed by atoms with Crippen molar-refractivity contribution < 1.29 is 32.2 Å². The average Bonchev–Trinajstić information content (AvgIpc) is 2.90. The zero-order chi connectivity index (χ0) is 26.5. The number of benzene rings is 2. The van der Waals surface area contributed by atoms with Crippen molar-refractivity contribution >= 4 is 27.6 Å². The average molecular weight is 570 g/mol. The molecule has 36 heavy (non-hydrogen) atoms. The zero-order valence-electron chi connectivity index (χ0n) is 20.7. The minimum Gasteiger partial charge on any atom is -0.497 e. The fraction of sp³-hybridized carbons (Fsp3) is 0.481. The first-order valence-electron chi connectivity index (χ1n) is 11.9. The van der Waals surface area contributed by atoms with E-state index in [2.05, 4.69) is 21.2 Å². The van der Waals surface area contributed by atoms with Gasteiger partial charge in [0.15, 0.2) is 17.4 Å². The van der Waals surface area contributed by atoms with E-state index in [0.29, 0.717) is 48.4 Å². The summed E-state index contributed by atoms with van der Waals surface area (Å²) >= 11 is 3.26. The number of ether oxygens (including phenoxy) is 2. The highest BCUT2D eigenvalue weighted by atomic mass is 79.9. The molecule has 1 amide bonds. The monoisotopic (exact) mass is 569 g/mol. The highest BCUT2D eigenvalue weighted by Crippen LogP contribution is 2.47. The summed E-state index contributed by atoms with van der Waals surface area (Å²) in [7, 11) is 1.51. The van der Waals surface area contributed by atoms with Crippen LogP contribution in [0.5, 0.6) is 11.5 Å². The molecule has 5 nitrogen and oxygen atoms in total. The van der Waals surface area contributed by atoms with E-state index in [9.17, 15) is 22.8 Å². The Kier molecular flexibility index (Phi) is 9.08. The Balaban J connectivity index is 1.65. The second-order valence-electron chi connectivity index (χ2n) is 9.68. The topological polar surface area (TPSA) is 64.6 Å². The highest BCUT2D eigenvalue weighted by Gasteiger charge is 2.43. The number of rotatable bonds is 10. The van der Waals surface area contributed by atoms with Crippen LogP contribution in [0.2, 0.25) is 0 Å². The fourth-order valence-corrected chi connectivity index (χ4v) is 5.22. The molecule has 0 saturated heterocycles. The molecule has 196 valence electrons. The summed E-state index contributed by atoms with van der Waals surface area (Å²) in [5.74, 6) is -5.20. The first-order valence-corrected chi connectivity index (χ1v) is 13.0. The molecular formula is C27H31BrF3NO4. The number of carbonyl (C=O) groups excluding carboxylic acids is 2. The summed E-state index contributed by atoms with van der Waals surface area (Å²) in [6.07, 6.45) is 3.53. The van der Waals surface area contributed by atoms with Crippen molar-refractivity contribution in [1.82, 2.24) is 5.32 Å². The number of nitrogens with one attached hydrogen (secondary N) is 1. The molecule has 0 atom stereocenters. The van der Waals surface area contributed by atoms with Crippen LogP contribution in [0.1, 0.15) is 61.9 Å². The lowest BCUT2D eigenvalue weighted by Crippen LogP contribution is -2.44.